The zero-order chi connectivity index (χ0) is 31.8. The van der Waals surface area contributed by atoms with Gasteiger partial charge in [0.25, 0.3) is 17.7 Å². The molecule has 0 atom stereocenters. The molecule has 0 saturated heterocycles. The zero-order valence-electron chi connectivity index (χ0n) is 25.3. The SMILES string of the molecule is CCCCc1c2ccc3c1C(=O)N(C3=O)N2C(=O)N(Cc1ccc(C(=O)NCCC(=O)O)cc1)c1ccc(C(C)(C)C)cc1. The van der Waals surface area contributed by atoms with Gasteiger partial charge in [0, 0.05) is 17.8 Å². The van der Waals surface area contributed by atoms with Crippen LogP contribution in [0.15, 0.2) is 60.7 Å². The highest BCUT2D eigenvalue weighted by molar-refractivity contribution is 6.28. The van der Waals surface area contributed by atoms with Crippen molar-refractivity contribution in [3.05, 3.63) is 94.0 Å². The fraction of sp³-hybridized carbons (Fsp3) is 0.324. The standard InChI is InChI=1S/C34H36N4O6/c1-5-6-7-25-27-17-16-26-29(25)32(43)38(31(26)42)37(27)33(44)36(24-14-12-23(13-15-24)34(2,3)4)20-21-8-10-22(11-9-21)30(41)35-19-18-28(39)40/h8-17H,5-7,18-20H2,1-4H3,(H,35,41)(H,39,40). The number of anilines is 2. The van der Waals surface area contributed by atoms with E-state index in [9.17, 15) is 24.0 Å². The summed E-state index contributed by atoms with van der Waals surface area (Å²) < 4.78 is 0. The molecule has 2 aliphatic heterocycles. The first-order valence-corrected chi connectivity index (χ1v) is 14.8. The maximum absolute atomic E-state index is 14.5. The predicted octanol–water partition coefficient (Wildman–Crippen LogP) is 5.69. The number of urea groups is 1. The number of hydrazine groups is 1. The molecule has 3 aromatic carbocycles. The quantitative estimate of drug-likeness (QED) is 0.290. The minimum Gasteiger partial charge on any atom is -0.481 e. The van der Waals surface area contributed by atoms with Crippen LogP contribution in [0.5, 0.6) is 0 Å². The van der Waals surface area contributed by atoms with Crippen molar-refractivity contribution < 1.29 is 29.1 Å². The highest BCUT2D eigenvalue weighted by Gasteiger charge is 2.50. The van der Waals surface area contributed by atoms with Crippen molar-refractivity contribution in [2.45, 2.75) is 65.3 Å². The van der Waals surface area contributed by atoms with Crippen molar-refractivity contribution >= 4 is 41.1 Å². The molecule has 0 saturated carbocycles. The van der Waals surface area contributed by atoms with Gasteiger partial charge in [-0.15, -0.1) is 0 Å². The molecule has 2 N–H and O–H groups in total. The molecule has 0 fully saturated rings. The lowest BCUT2D eigenvalue weighted by atomic mass is 9.87. The number of unbranched alkanes of at least 4 members (excludes halogenated alkanes) is 1. The lowest BCUT2D eigenvalue weighted by Gasteiger charge is -2.37. The summed E-state index contributed by atoms with van der Waals surface area (Å²) in [4.78, 5) is 66.1. The first-order chi connectivity index (χ1) is 20.9. The van der Waals surface area contributed by atoms with E-state index in [4.69, 9.17) is 5.11 Å². The van der Waals surface area contributed by atoms with Gasteiger partial charge < -0.3 is 10.4 Å². The van der Waals surface area contributed by atoms with Gasteiger partial charge in [0.1, 0.15) is 0 Å². The average Bonchev–Trinajstić information content (AvgIpc) is 3.09. The largest absolute Gasteiger partial charge is 0.481 e. The number of hydrogen-bond donors (Lipinski definition) is 2. The fourth-order valence-electron chi connectivity index (χ4n) is 5.51. The van der Waals surface area contributed by atoms with Crippen LogP contribution in [0.4, 0.5) is 16.2 Å². The Morgan fingerprint density at radius 3 is 2.20 bits per heavy atom. The van der Waals surface area contributed by atoms with E-state index in [1.807, 2.05) is 31.2 Å². The van der Waals surface area contributed by atoms with Crippen molar-refractivity contribution in [2.24, 2.45) is 0 Å². The molecule has 2 heterocycles. The number of benzene rings is 3. The van der Waals surface area contributed by atoms with Crippen LogP contribution >= 0.6 is 0 Å². The summed E-state index contributed by atoms with van der Waals surface area (Å²) in [5.41, 5.74) is 4.56. The Hall–Kier alpha value is -4.99. The van der Waals surface area contributed by atoms with E-state index in [1.54, 1.807) is 36.4 Å². The Kier molecular flexibility index (Phi) is 8.27. The number of rotatable bonds is 10. The van der Waals surface area contributed by atoms with Gasteiger partial charge in [-0.3, -0.25) is 24.1 Å². The highest BCUT2D eigenvalue weighted by atomic mass is 16.4. The molecule has 5 amide bonds. The van der Waals surface area contributed by atoms with Crippen LogP contribution in [0.1, 0.15) is 94.7 Å². The molecular weight excluding hydrogens is 560 g/mol. The molecule has 10 nitrogen and oxygen atoms in total. The zero-order valence-corrected chi connectivity index (χ0v) is 25.3. The lowest BCUT2D eigenvalue weighted by molar-refractivity contribution is -0.136. The molecule has 0 spiro atoms. The van der Waals surface area contributed by atoms with Crippen molar-refractivity contribution in [3.63, 3.8) is 0 Å². The van der Waals surface area contributed by atoms with Crippen molar-refractivity contribution in [1.82, 2.24) is 10.3 Å². The number of carboxylic acid groups (broad SMARTS) is 1. The van der Waals surface area contributed by atoms with E-state index in [0.29, 0.717) is 45.6 Å². The molecule has 44 heavy (non-hydrogen) atoms. The molecular formula is C34H36N4O6. The third-order valence-electron chi connectivity index (χ3n) is 7.96. The second-order valence-electron chi connectivity index (χ2n) is 12.1. The molecule has 5 rings (SSSR count). The highest BCUT2D eigenvalue weighted by Crippen LogP contribution is 2.42. The molecule has 0 aliphatic carbocycles. The monoisotopic (exact) mass is 596 g/mol. The molecule has 0 unspecified atom stereocenters. The molecule has 10 heteroatoms. The first kappa shape index (κ1) is 30.5. The van der Waals surface area contributed by atoms with Crippen LogP contribution in [-0.4, -0.2) is 46.4 Å². The van der Waals surface area contributed by atoms with E-state index in [-0.39, 0.29) is 24.9 Å². The van der Waals surface area contributed by atoms with Crippen molar-refractivity contribution in [2.75, 3.05) is 16.5 Å². The summed E-state index contributed by atoms with van der Waals surface area (Å²) in [6.45, 7) is 8.44. The number of amides is 5. The smallest absolute Gasteiger partial charge is 0.348 e. The summed E-state index contributed by atoms with van der Waals surface area (Å²) in [7, 11) is 0. The summed E-state index contributed by atoms with van der Waals surface area (Å²) in [5.74, 6) is -2.41. The number of carboxylic acids is 1. The molecule has 3 bridgehead atoms. The fourth-order valence-corrected chi connectivity index (χ4v) is 5.51. The number of imide groups is 1. The topological polar surface area (TPSA) is 127 Å². The maximum atomic E-state index is 14.5. The third kappa shape index (κ3) is 5.67. The second-order valence-corrected chi connectivity index (χ2v) is 12.1. The molecule has 0 aromatic heterocycles. The lowest BCUT2D eigenvalue weighted by Crippen LogP contribution is -2.56. The Morgan fingerprint density at radius 2 is 1.59 bits per heavy atom. The second kappa shape index (κ2) is 11.9. The normalized spacial score (nSPS) is 13.5. The Morgan fingerprint density at radius 1 is 0.909 bits per heavy atom. The van der Waals surface area contributed by atoms with Crippen LogP contribution in [0, 0.1) is 0 Å². The van der Waals surface area contributed by atoms with Crippen LogP contribution in [0.3, 0.4) is 0 Å². The summed E-state index contributed by atoms with van der Waals surface area (Å²) in [6.07, 6.45) is 2.09. The summed E-state index contributed by atoms with van der Waals surface area (Å²) in [5, 5.41) is 13.5. The van der Waals surface area contributed by atoms with Gasteiger partial charge in [-0.05, 0) is 71.3 Å². The summed E-state index contributed by atoms with van der Waals surface area (Å²) in [6, 6.07) is 17.1. The number of nitrogens with zero attached hydrogens (tertiary/aromatic N) is 3. The van der Waals surface area contributed by atoms with E-state index in [2.05, 4.69) is 26.1 Å². The predicted molar refractivity (Wildman–Crippen MR) is 166 cm³/mol. The van der Waals surface area contributed by atoms with Gasteiger partial charge in [-0.2, -0.15) is 10.0 Å². The van der Waals surface area contributed by atoms with Crippen LogP contribution < -0.4 is 15.2 Å². The molecule has 3 aromatic rings. The molecule has 228 valence electrons. The minimum atomic E-state index is -1.00. The first-order valence-electron chi connectivity index (χ1n) is 14.8. The van der Waals surface area contributed by atoms with Gasteiger partial charge in [0.2, 0.25) is 0 Å². The Labute approximate surface area is 256 Å². The maximum Gasteiger partial charge on any atom is 0.348 e. The van der Waals surface area contributed by atoms with Gasteiger partial charge in [0.15, 0.2) is 0 Å². The van der Waals surface area contributed by atoms with E-state index >= 15 is 0 Å². The number of aliphatic carboxylic acids is 1. The van der Waals surface area contributed by atoms with E-state index in [1.165, 1.54) is 9.91 Å². The van der Waals surface area contributed by atoms with Crippen LogP contribution in [0.2, 0.25) is 0 Å². The van der Waals surface area contributed by atoms with Crippen molar-refractivity contribution in [3.8, 4) is 0 Å². The number of carbonyl (C=O) groups is 5. The Bertz CT molecular complexity index is 1640. The van der Waals surface area contributed by atoms with Crippen LogP contribution in [-0.2, 0) is 23.2 Å². The van der Waals surface area contributed by atoms with Gasteiger partial charge in [-0.1, -0.05) is 58.4 Å². The van der Waals surface area contributed by atoms with Gasteiger partial charge in [-0.25, -0.2) is 4.79 Å². The molecule has 2 aliphatic rings. The average molecular weight is 597 g/mol. The van der Waals surface area contributed by atoms with Gasteiger partial charge >= 0.3 is 12.0 Å². The van der Waals surface area contributed by atoms with Gasteiger partial charge in [0.05, 0.1) is 29.8 Å². The summed E-state index contributed by atoms with van der Waals surface area (Å²) >= 11 is 0. The van der Waals surface area contributed by atoms with E-state index in [0.717, 1.165) is 23.4 Å². The number of carbonyl (C=O) groups excluding carboxylic acids is 4. The third-order valence-corrected chi connectivity index (χ3v) is 7.96. The number of nitrogens with one attached hydrogen (secondary N) is 1. The Balaban J connectivity index is 1.49. The minimum absolute atomic E-state index is 0.00929. The van der Waals surface area contributed by atoms with Crippen molar-refractivity contribution in [1.29, 1.82) is 0 Å². The van der Waals surface area contributed by atoms with Crippen LogP contribution in [0.25, 0.3) is 0 Å². The number of fused-ring (bicyclic) bond motifs is 2. The molecule has 0 radical (unpaired) electrons. The number of hydrogen-bond acceptors (Lipinski definition) is 5. The van der Waals surface area contributed by atoms with E-state index < -0.39 is 29.7 Å².